The molecule has 2 rings (SSSR count). The van der Waals surface area contributed by atoms with Crippen molar-refractivity contribution in [3.63, 3.8) is 0 Å². The Morgan fingerprint density at radius 1 is 1.67 bits per heavy atom. The number of hydrogen-bond acceptors (Lipinski definition) is 5. The van der Waals surface area contributed by atoms with Gasteiger partial charge in [-0.15, -0.1) is 11.3 Å². The van der Waals surface area contributed by atoms with Gasteiger partial charge in [-0.1, -0.05) is 0 Å². The van der Waals surface area contributed by atoms with Crippen LogP contribution < -0.4 is 10.6 Å². The molecule has 0 fully saturated rings. The van der Waals surface area contributed by atoms with Gasteiger partial charge in [-0.2, -0.15) is 0 Å². The third-order valence-corrected chi connectivity index (χ3v) is 2.23. The Bertz CT molecular complexity index is 267. The zero-order valence-electron chi connectivity index (χ0n) is 6.58. The van der Waals surface area contributed by atoms with Gasteiger partial charge in [-0.25, -0.2) is 4.98 Å². The fourth-order valence-corrected chi connectivity index (χ4v) is 1.57. The molecule has 0 atom stereocenters. The van der Waals surface area contributed by atoms with Crippen molar-refractivity contribution in [2.24, 2.45) is 4.99 Å². The van der Waals surface area contributed by atoms with Crippen LogP contribution in [0.1, 0.15) is 5.69 Å². The highest BCUT2D eigenvalue weighted by Gasteiger charge is 2.03. The summed E-state index contributed by atoms with van der Waals surface area (Å²) in [7, 11) is 0. The van der Waals surface area contributed by atoms with Crippen molar-refractivity contribution >= 4 is 17.3 Å². The maximum atomic E-state index is 4.21. The van der Waals surface area contributed by atoms with Gasteiger partial charge in [0.25, 0.3) is 0 Å². The maximum Gasteiger partial charge on any atom is 0.191 e. The smallest absolute Gasteiger partial charge is 0.191 e. The molecule has 0 saturated carbocycles. The second-order valence-corrected chi connectivity index (χ2v) is 3.21. The lowest BCUT2D eigenvalue weighted by molar-refractivity contribution is 0.847. The number of rotatable bonds is 2. The molecule has 0 unspecified atom stereocenters. The highest BCUT2D eigenvalue weighted by molar-refractivity contribution is 7.07. The second kappa shape index (κ2) is 3.53. The third kappa shape index (κ3) is 1.73. The Labute approximate surface area is 74.7 Å². The van der Waals surface area contributed by atoms with E-state index < -0.39 is 0 Å². The molecule has 1 aliphatic rings. The Morgan fingerprint density at radius 2 is 2.67 bits per heavy atom. The van der Waals surface area contributed by atoms with Crippen LogP contribution in [0.25, 0.3) is 0 Å². The predicted molar refractivity (Wildman–Crippen MR) is 49.3 cm³/mol. The summed E-state index contributed by atoms with van der Waals surface area (Å²) in [6.07, 6.45) is 0. The van der Waals surface area contributed by atoms with E-state index in [1.54, 1.807) is 11.3 Å². The van der Waals surface area contributed by atoms with Crippen LogP contribution in [0.15, 0.2) is 15.9 Å². The number of thiazole rings is 1. The van der Waals surface area contributed by atoms with Gasteiger partial charge in [-0.3, -0.25) is 4.99 Å². The predicted octanol–water partition coefficient (Wildman–Crippen LogP) is 0.192. The molecule has 5 heteroatoms. The van der Waals surface area contributed by atoms with Crippen LogP contribution in [0.4, 0.5) is 0 Å². The third-order valence-electron chi connectivity index (χ3n) is 1.59. The molecule has 0 amide bonds. The zero-order valence-corrected chi connectivity index (χ0v) is 7.40. The maximum absolute atomic E-state index is 4.21. The highest BCUT2D eigenvalue weighted by Crippen LogP contribution is 1.99. The molecule has 2 heterocycles. The van der Waals surface area contributed by atoms with Gasteiger partial charge in [0.2, 0.25) is 0 Å². The summed E-state index contributed by atoms with van der Waals surface area (Å²) < 4.78 is 0. The Morgan fingerprint density at radius 3 is 3.33 bits per heavy atom. The molecule has 0 radical (unpaired) electrons. The van der Waals surface area contributed by atoms with Gasteiger partial charge in [-0.05, 0) is 0 Å². The first kappa shape index (κ1) is 7.54. The van der Waals surface area contributed by atoms with Gasteiger partial charge < -0.3 is 10.6 Å². The monoisotopic (exact) mass is 182 g/mol. The second-order valence-electron chi connectivity index (χ2n) is 2.49. The number of aliphatic imine (C=N–C) groups is 1. The van der Waals surface area contributed by atoms with Gasteiger partial charge in [0, 0.05) is 11.9 Å². The van der Waals surface area contributed by atoms with Gasteiger partial charge >= 0.3 is 0 Å². The van der Waals surface area contributed by atoms with Crippen molar-refractivity contribution in [3.8, 4) is 0 Å². The molecule has 1 aliphatic heterocycles. The number of hydrogen-bond donors (Lipinski definition) is 2. The lowest BCUT2D eigenvalue weighted by atomic mass is 10.5. The molecule has 0 aliphatic carbocycles. The number of nitrogens with zero attached hydrogens (tertiary/aromatic N) is 2. The summed E-state index contributed by atoms with van der Waals surface area (Å²) in [5.41, 5.74) is 2.90. The van der Waals surface area contributed by atoms with E-state index in [2.05, 4.69) is 20.6 Å². The molecule has 4 nitrogen and oxygen atoms in total. The first-order valence-electron chi connectivity index (χ1n) is 3.84. The minimum atomic E-state index is 0.759. The van der Waals surface area contributed by atoms with E-state index in [-0.39, 0.29) is 0 Å². The van der Waals surface area contributed by atoms with Crippen molar-refractivity contribution in [2.75, 3.05) is 13.1 Å². The number of aromatic nitrogens is 1. The molecule has 0 bridgehead atoms. The lowest BCUT2D eigenvalue weighted by Gasteiger charge is -2.03. The van der Waals surface area contributed by atoms with E-state index in [4.69, 9.17) is 0 Å². The van der Waals surface area contributed by atoms with E-state index in [0.717, 1.165) is 31.3 Å². The Hall–Kier alpha value is -1.10. The van der Waals surface area contributed by atoms with Crippen molar-refractivity contribution in [1.82, 2.24) is 15.6 Å². The normalized spacial score (nSPS) is 15.5. The molecule has 1 aromatic rings. The summed E-state index contributed by atoms with van der Waals surface area (Å²) in [5.74, 6) is 0.892. The minimum Gasteiger partial charge on any atom is -0.355 e. The Kier molecular flexibility index (Phi) is 2.22. The van der Waals surface area contributed by atoms with Gasteiger partial charge in [0.1, 0.15) is 0 Å². The summed E-state index contributed by atoms with van der Waals surface area (Å²) in [6, 6.07) is 0. The van der Waals surface area contributed by atoms with Gasteiger partial charge in [0.05, 0.1) is 24.3 Å². The summed E-state index contributed by atoms with van der Waals surface area (Å²) in [5, 5.41) is 8.33. The van der Waals surface area contributed by atoms with Crippen LogP contribution in [0.5, 0.6) is 0 Å². The standard InChI is InChI=1S/C7H10N4S/c1-2-9-7(8-1)10-3-6-4-12-5-11-6/h4-5H,1-3H2,(H2,8,9,10). The van der Waals surface area contributed by atoms with Crippen LogP contribution in [0, 0.1) is 0 Å². The quantitative estimate of drug-likeness (QED) is 0.686. The largest absolute Gasteiger partial charge is 0.355 e. The molecule has 64 valence electrons. The summed E-state index contributed by atoms with van der Waals surface area (Å²) in [6.45, 7) is 2.58. The van der Waals surface area contributed by atoms with Gasteiger partial charge in [0.15, 0.2) is 5.96 Å². The van der Waals surface area contributed by atoms with Crippen molar-refractivity contribution in [1.29, 1.82) is 0 Å². The van der Waals surface area contributed by atoms with Crippen LogP contribution in [0.3, 0.4) is 0 Å². The summed E-state index contributed by atoms with van der Waals surface area (Å²) in [4.78, 5) is 8.36. The molecular weight excluding hydrogens is 172 g/mol. The molecular formula is C7H10N4S. The average molecular weight is 182 g/mol. The zero-order chi connectivity index (χ0) is 8.23. The highest BCUT2D eigenvalue weighted by atomic mass is 32.1. The van der Waals surface area contributed by atoms with E-state index in [1.165, 1.54) is 0 Å². The topological polar surface area (TPSA) is 49.3 Å². The number of guanidine groups is 1. The first-order valence-corrected chi connectivity index (χ1v) is 4.79. The average Bonchev–Trinajstić information content (AvgIpc) is 2.74. The van der Waals surface area contributed by atoms with Crippen LogP contribution >= 0.6 is 11.3 Å². The van der Waals surface area contributed by atoms with Crippen molar-refractivity contribution in [2.45, 2.75) is 6.54 Å². The summed E-state index contributed by atoms with van der Waals surface area (Å²) >= 11 is 1.61. The van der Waals surface area contributed by atoms with Crippen LogP contribution in [0.2, 0.25) is 0 Å². The lowest BCUT2D eigenvalue weighted by Crippen LogP contribution is -2.33. The van der Waals surface area contributed by atoms with Crippen LogP contribution in [-0.4, -0.2) is 24.0 Å². The van der Waals surface area contributed by atoms with E-state index in [1.807, 2.05) is 10.9 Å². The van der Waals surface area contributed by atoms with E-state index in [0.29, 0.717) is 0 Å². The molecule has 2 N–H and O–H groups in total. The van der Waals surface area contributed by atoms with E-state index in [9.17, 15) is 0 Å². The van der Waals surface area contributed by atoms with Crippen LogP contribution in [-0.2, 0) is 6.54 Å². The molecule has 0 aromatic carbocycles. The van der Waals surface area contributed by atoms with Crippen molar-refractivity contribution in [3.05, 3.63) is 16.6 Å². The molecule has 12 heavy (non-hydrogen) atoms. The fourth-order valence-electron chi connectivity index (χ4n) is 1.02. The fraction of sp³-hybridized carbons (Fsp3) is 0.429. The first-order chi connectivity index (χ1) is 5.95. The van der Waals surface area contributed by atoms with Crippen molar-refractivity contribution < 1.29 is 0 Å². The molecule has 0 spiro atoms. The van der Waals surface area contributed by atoms with E-state index >= 15 is 0 Å². The number of nitrogens with one attached hydrogen (secondary N) is 2. The molecule has 1 aromatic heterocycles. The molecule has 0 saturated heterocycles. The Balaban J connectivity index is 1.82. The SMILES string of the molecule is c1nc(CNC2=NCCN2)cs1. The minimum absolute atomic E-state index is 0.759.